The highest BCUT2D eigenvalue weighted by Gasteiger charge is 2.23. The molecule has 0 aromatic carbocycles. The molecule has 0 spiro atoms. The smallest absolute Gasteiger partial charge is 0.244 e. The molecule has 1 aliphatic carbocycles. The van der Waals surface area contributed by atoms with Crippen LogP contribution >= 0.6 is 0 Å². The minimum Gasteiger partial charge on any atom is -0.532 e. The SMILES string of the molecule is C=C(/N=C/C(=C)C1CC1)O[Si](C)(C)C. The van der Waals surface area contributed by atoms with Crippen molar-refractivity contribution in [3.8, 4) is 0 Å². The quantitative estimate of drug-likeness (QED) is 0.386. The van der Waals surface area contributed by atoms with Crippen molar-refractivity contribution in [2.45, 2.75) is 32.5 Å². The van der Waals surface area contributed by atoms with E-state index < -0.39 is 8.32 Å². The minimum atomic E-state index is -1.55. The summed E-state index contributed by atoms with van der Waals surface area (Å²) < 4.78 is 5.59. The molecule has 0 atom stereocenters. The van der Waals surface area contributed by atoms with Crippen molar-refractivity contribution in [2.24, 2.45) is 10.9 Å². The first kappa shape index (κ1) is 11.2. The van der Waals surface area contributed by atoms with Crippen LogP contribution in [0.4, 0.5) is 0 Å². The molecule has 0 N–H and O–H groups in total. The monoisotopic (exact) mass is 209 g/mol. The van der Waals surface area contributed by atoms with Crippen molar-refractivity contribution in [2.75, 3.05) is 0 Å². The van der Waals surface area contributed by atoms with Crippen LogP contribution < -0.4 is 0 Å². The summed E-state index contributed by atoms with van der Waals surface area (Å²) in [4.78, 5) is 4.16. The fraction of sp³-hybridized carbons (Fsp3) is 0.545. The summed E-state index contributed by atoms with van der Waals surface area (Å²) in [7, 11) is -1.55. The Morgan fingerprint density at radius 2 is 1.93 bits per heavy atom. The number of hydrogen-bond donors (Lipinski definition) is 0. The van der Waals surface area contributed by atoms with Gasteiger partial charge in [0.25, 0.3) is 0 Å². The average molecular weight is 209 g/mol. The van der Waals surface area contributed by atoms with Crippen molar-refractivity contribution in [3.63, 3.8) is 0 Å². The highest BCUT2D eigenvalue weighted by molar-refractivity contribution is 6.70. The minimum absolute atomic E-state index is 0.519. The summed E-state index contributed by atoms with van der Waals surface area (Å²) >= 11 is 0. The molecular weight excluding hydrogens is 190 g/mol. The van der Waals surface area contributed by atoms with Crippen LogP contribution in [0, 0.1) is 5.92 Å². The summed E-state index contributed by atoms with van der Waals surface area (Å²) in [6, 6.07) is 0. The van der Waals surface area contributed by atoms with E-state index in [4.69, 9.17) is 4.43 Å². The fourth-order valence-electron chi connectivity index (χ4n) is 1.09. The summed E-state index contributed by atoms with van der Waals surface area (Å²) in [5.74, 6) is 1.18. The number of aliphatic imine (C=N–C) groups is 1. The second kappa shape index (κ2) is 4.13. The molecule has 0 unspecified atom stereocenters. The maximum Gasteiger partial charge on any atom is 0.244 e. The molecule has 0 amide bonds. The molecule has 3 heteroatoms. The first-order valence-electron chi connectivity index (χ1n) is 4.99. The van der Waals surface area contributed by atoms with E-state index >= 15 is 0 Å². The van der Waals surface area contributed by atoms with Gasteiger partial charge in [0, 0.05) is 6.21 Å². The van der Waals surface area contributed by atoms with Gasteiger partial charge in [0.05, 0.1) is 0 Å². The predicted molar refractivity (Wildman–Crippen MR) is 63.9 cm³/mol. The molecule has 1 aliphatic rings. The van der Waals surface area contributed by atoms with Crippen LogP contribution in [0.15, 0.2) is 29.6 Å². The standard InChI is InChI=1S/C11H19NOSi/c1-9(11-6-7-11)8-12-10(2)13-14(3,4)5/h8,11H,1-2,6-7H2,3-5H3/b12-8+. The van der Waals surface area contributed by atoms with E-state index in [0.29, 0.717) is 11.8 Å². The lowest BCUT2D eigenvalue weighted by atomic mass is 10.2. The molecule has 2 nitrogen and oxygen atoms in total. The van der Waals surface area contributed by atoms with Gasteiger partial charge in [-0.25, -0.2) is 4.99 Å². The van der Waals surface area contributed by atoms with Crippen LogP contribution in [0.3, 0.4) is 0 Å². The molecule has 0 aromatic rings. The number of hydrogen-bond acceptors (Lipinski definition) is 2. The Morgan fingerprint density at radius 1 is 1.36 bits per heavy atom. The highest BCUT2D eigenvalue weighted by Crippen LogP contribution is 2.34. The lowest BCUT2D eigenvalue weighted by Crippen LogP contribution is -2.24. The largest absolute Gasteiger partial charge is 0.532 e. The van der Waals surface area contributed by atoms with Crippen molar-refractivity contribution in [1.82, 2.24) is 0 Å². The van der Waals surface area contributed by atoms with Crippen LogP contribution in [0.5, 0.6) is 0 Å². The first-order valence-corrected chi connectivity index (χ1v) is 8.40. The Balaban J connectivity index is 2.35. The molecule has 78 valence electrons. The van der Waals surface area contributed by atoms with Crippen molar-refractivity contribution < 1.29 is 4.43 Å². The van der Waals surface area contributed by atoms with Crippen molar-refractivity contribution in [3.05, 3.63) is 24.6 Å². The summed E-state index contributed by atoms with van der Waals surface area (Å²) in [5, 5.41) is 0. The predicted octanol–water partition coefficient (Wildman–Crippen LogP) is 3.35. The van der Waals surface area contributed by atoms with E-state index in [0.717, 1.165) is 5.57 Å². The average Bonchev–Trinajstić information content (AvgIpc) is 2.78. The Morgan fingerprint density at radius 3 is 2.36 bits per heavy atom. The van der Waals surface area contributed by atoms with Gasteiger partial charge in [-0.05, 0) is 50.6 Å². The van der Waals surface area contributed by atoms with E-state index in [2.05, 4.69) is 37.8 Å². The zero-order valence-corrected chi connectivity index (χ0v) is 10.3. The van der Waals surface area contributed by atoms with E-state index in [1.165, 1.54) is 12.8 Å². The Labute approximate surface area is 87.5 Å². The van der Waals surface area contributed by atoms with Crippen LogP contribution in [-0.4, -0.2) is 14.5 Å². The topological polar surface area (TPSA) is 21.6 Å². The summed E-state index contributed by atoms with van der Waals surface area (Å²) in [6.45, 7) is 14.1. The summed E-state index contributed by atoms with van der Waals surface area (Å²) in [5.41, 5.74) is 1.10. The maximum atomic E-state index is 5.59. The number of allylic oxidation sites excluding steroid dienone is 1. The van der Waals surface area contributed by atoms with Gasteiger partial charge in [-0.3, -0.25) is 0 Å². The Hall–Kier alpha value is -0.833. The molecule has 0 radical (unpaired) electrons. The van der Waals surface area contributed by atoms with Gasteiger partial charge in [0.15, 0.2) is 5.88 Å². The second-order valence-corrected chi connectivity index (χ2v) is 9.14. The molecule has 1 fully saturated rings. The van der Waals surface area contributed by atoms with Gasteiger partial charge in [-0.1, -0.05) is 6.58 Å². The lowest BCUT2D eigenvalue weighted by Gasteiger charge is -2.17. The highest BCUT2D eigenvalue weighted by atomic mass is 28.4. The normalized spacial score (nSPS) is 17.1. The van der Waals surface area contributed by atoms with E-state index in [1.807, 2.05) is 0 Å². The number of rotatable bonds is 5. The first-order chi connectivity index (χ1) is 6.38. The lowest BCUT2D eigenvalue weighted by molar-refractivity contribution is 0.421. The van der Waals surface area contributed by atoms with Gasteiger partial charge in [-0.2, -0.15) is 0 Å². The zero-order valence-electron chi connectivity index (χ0n) is 9.34. The molecule has 0 saturated heterocycles. The molecule has 14 heavy (non-hydrogen) atoms. The van der Waals surface area contributed by atoms with Crippen molar-refractivity contribution in [1.29, 1.82) is 0 Å². The van der Waals surface area contributed by atoms with E-state index in [-0.39, 0.29) is 0 Å². The molecule has 1 saturated carbocycles. The molecule has 0 aromatic heterocycles. The van der Waals surface area contributed by atoms with Gasteiger partial charge in [0.1, 0.15) is 0 Å². The third-order valence-electron chi connectivity index (χ3n) is 1.90. The Bertz CT molecular complexity index is 272. The molecule has 1 rings (SSSR count). The second-order valence-electron chi connectivity index (χ2n) is 4.72. The van der Waals surface area contributed by atoms with Crippen LogP contribution in [0.1, 0.15) is 12.8 Å². The van der Waals surface area contributed by atoms with Crippen LogP contribution in [0.2, 0.25) is 19.6 Å². The van der Waals surface area contributed by atoms with Crippen molar-refractivity contribution >= 4 is 14.5 Å². The maximum absolute atomic E-state index is 5.59. The zero-order chi connectivity index (χ0) is 10.8. The van der Waals surface area contributed by atoms with Gasteiger partial charge in [0.2, 0.25) is 8.32 Å². The summed E-state index contributed by atoms with van der Waals surface area (Å²) in [6.07, 6.45) is 4.30. The Kier molecular flexibility index (Phi) is 3.32. The third kappa shape index (κ3) is 4.42. The molecule has 0 bridgehead atoms. The fourth-order valence-corrected chi connectivity index (χ4v) is 1.85. The number of nitrogens with zero attached hydrogens (tertiary/aromatic N) is 1. The van der Waals surface area contributed by atoms with Crippen LogP contribution in [0.25, 0.3) is 0 Å². The van der Waals surface area contributed by atoms with E-state index in [9.17, 15) is 0 Å². The third-order valence-corrected chi connectivity index (χ3v) is 2.75. The molecular formula is C11H19NOSi. The van der Waals surface area contributed by atoms with E-state index in [1.54, 1.807) is 6.21 Å². The van der Waals surface area contributed by atoms with Crippen LogP contribution in [-0.2, 0) is 4.43 Å². The van der Waals surface area contributed by atoms with Gasteiger partial charge < -0.3 is 4.43 Å². The molecule has 0 aliphatic heterocycles. The van der Waals surface area contributed by atoms with Gasteiger partial charge >= 0.3 is 0 Å². The van der Waals surface area contributed by atoms with Gasteiger partial charge in [-0.15, -0.1) is 0 Å². The molecule has 0 heterocycles.